The molecular formula is C46H49F4N13O5. The average molecular weight is 940 g/mol. The predicted octanol–water partition coefficient (Wildman–Crippen LogP) is 6.14. The van der Waals surface area contributed by atoms with E-state index < -0.39 is 36.7 Å². The van der Waals surface area contributed by atoms with Gasteiger partial charge < -0.3 is 34.8 Å². The van der Waals surface area contributed by atoms with E-state index in [0.717, 1.165) is 22.2 Å². The fraction of sp³-hybridized carbons (Fsp3) is 0.391. The van der Waals surface area contributed by atoms with Gasteiger partial charge in [0.15, 0.2) is 11.6 Å². The van der Waals surface area contributed by atoms with E-state index in [-0.39, 0.29) is 84.8 Å². The maximum absolute atomic E-state index is 17.3. The number of amides is 2. The summed E-state index contributed by atoms with van der Waals surface area (Å²) in [6, 6.07) is 8.78. The van der Waals surface area contributed by atoms with Crippen LogP contribution >= 0.6 is 0 Å². The normalized spacial score (nSPS) is 14.0. The lowest BCUT2D eigenvalue weighted by Crippen LogP contribution is -2.46. The summed E-state index contributed by atoms with van der Waals surface area (Å²) in [6.07, 6.45) is 3.29. The van der Waals surface area contributed by atoms with E-state index in [1.54, 1.807) is 35.3 Å². The minimum atomic E-state index is -4.84. The first-order valence-corrected chi connectivity index (χ1v) is 22.1. The number of hydrogen-bond acceptors (Lipinski definition) is 12. The van der Waals surface area contributed by atoms with Crippen molar-refractivity contribution in [2.45, 2.75) is 72.1 Å². The van der Waals surface area contributed by atoms with Crippen LogP contribution in [0.15, 0.2) is 48.8 Å². The van der Waals surface area contributed by atoms with E-state index in [9.17, 15) is 9.59 Å². The van der Waals surface area contributed by atoms with Gasteiger partial charge in [-0.3, -0.25) is 23.9 Å². The summed E-state index contributed by atoms with van der Waals surface area (Å²) in [6.45, 7) is 8.24. The number of morpholine rings is 1. The number of benzene rings is 2. The summed E-state index contributed by atoms with van der Waals surface area (Å²) >= 11 is 0. The lowest BCUT2D eigenvalue weighted by atomic mass is 10.1. The maximum atomic E-state index is 17.3. The van der Waals surface area contributed by atoms with Crippen molar-refractivity contribution in [1.82, 2.24) is 53.5 Å². The summed E-state index contributed by atoms with van der Waals surface area (Å²) in [5, 5.41) is 9.67. The number of hydrogen-bond donors (Lipinski definition) is 2. The molecule has 0 unspecified atom stereocenters. The number of ether oxygens (including phenoxy) is 3. The minimum Gasteiger partial charge on any atom is -0.495 e. The van der Waals surface area contributed by atoms with Crippen molar-refractivity contribution in [1.29, 1.82) is 0 Å². The second kappa shape index (κ2) is 17.8. The Balaban J connectivity index is 1.20. The summed E-state index contributed by atoms with van der Waals surface area (Å²) in [7, 11) is 1.26. The van der Waals surface area contributed by atoms with Gasteiger partial charge in [0.25, 0.3) is 0 Å². The standard InChI is InChI=1S/C46H49F4N13O5/c1-6-62-33(15-25(3)57-62)41-53-21-31-29-17-27(39(51)64)19-35(66-5)37(29)60(43(31)55-41)23-45(47,48)46(49,50)24-61-38-30(32-22-54-42(56-44(32)61)34-16-26(4)58-63(34)7-2)18-28(40(52)65)20-36(38)68-12-8-9-59-10-13-67-14-11-59/h15-22H,6-14,23-24H2,1-5H3,(H2,51,64)(H2,52,65). The van der Waals surface area contributed by atoms with Crippen LogP contribution in [0.4, 0.5) is 17.6 Å². The van der Waals surface area contributed by atoms with E-state index >= 15 is 17.6 Å². The number of nitrogens with zero attached hydrogens (tertiary/aromatic N) is 11. The van der Waals surface area contributed by atoms with Crippen LogP contribution in [0.2, 0.25) is 0 Å². The molecule has 0 radical (unpaired) electrons. The van der Waals surface area contributed by atoms with Crippen molar-refractivity contribution in [3.63, 3.8) is 0 Å². The number of halogens is 4. The highest BCUT2D eigenvalue weighted by molar-refractivity contribution is 6.13. The quantitative estimate of drug-likeness (QED) is 0.0778. The Morgan fingerprint density at radius 1 is 0.706 bits per heavy atom. The van der Waals surface area contributed by atoms with Crippen LogP contribution in [-0.4, -0.2) is 124 Å². The number of carbonyl (C=O) groups is 2. The third-order valence-electron chi connectivity index (χ3n) is 12.2. The van der Waals surface area contributed by atoms with Crippen LogP contribution in [0.1, 0.15) is 52.4 Å². The predicted molar refractivity (Wildman–Crippen MR) is 244 cm³/mol. The Hall–Kier alpha value is -7.20. The minimum absolute atomic E-state index is 0.00103. The molecule has 1 aliphatic heterocycles. The molecule has 18 nitrogen and oxygen atoms in total. The molecule has 8 aromatic rings. The van der Waals surface area contributed by atoms with E-state index in [2.05, 4.69) is 30.0 Å². The van der Waals surface area contributed by atoms with Crippen LogP contribution in [0.5, 0.6) is 11.5 Å². The van der Waals surface area contributed by atoms with Crippen molar-refractivity contribution in [2.24, 2.45) is 11.5 Å². The second-order valence-corrected chi connectivity index (χ2v) is 16.7. The molecule has 2 aromatic carbocycles. The van der Waals surface area contributed by atoms with Crippen molar-refractivity contribution < 1.29 is 41.4 Å². The van der Waals surface area contributed by atoms with Crippen LogP contribution in [0.25, 0.3) is 66.9 Å². The Morgan fingerprint density at radius 2 is 1.18 bits per heavy atom. The second-order valence-electron chi connectivity index (χ2n) is 16.7. The monoisotopic (exact) mass is 939 g/mol. The molecule has 0 saturated carbocycles. The zero-order valence-corrected chi connectivity index (χ0v) is 38.0. The number of aryl methyl sites for hydroxylation is 4. The van der Waals surface area contributed by atoms with Gasteiger partial charge in [0, 0.05) is 77.8 Å². The fourth-order valence-electron chi connectivity index (χ4n) is 8.89. The van der Waals surface area contributed by atoms with Gasteiger partial charge in [-0.05, 0) is 70.5 Å². The molecule has 1 fully saturated rings. The molecule has 356 valence electrons. The summed E-state index contributed by atoms with van der Waals surface area (Å²) in [4.78, 5) is 45.9. The zero-order valence-electron chi connectivity index (χ0n) is 38.0. The van der Waals surface area contributed by atoms with E-state index in [0.29, 0.717) is 62.0 Å². The number of fused-ring (bicyclic) bond motifs is 6. The number of primary amides is 2. The molecule has 0 aliphatic carbocycles. The average Bonchev–Trinajstić information content (AvgIpc) is 4.07. The zero-order chi connectivity index (χ0) is 48.2. The SMILES string of the molecule is CCn1nc(C)cc1-c1ncc2c3cc(C(N)=O)cc(OC)c3n(CC(F)(F)C(F)(F)Cn3c4nc(-c5cc(C)nn5CC)ncc4c4cc(C(N)=O)cc(OCCCN5CCOCC5)c43)c2n1. The van der Waals surface area contributed by atoms with Gasteiger partial charge >= 0.3 is 11.8 Å². The van der Waals surface area contributed by atoms with E-state index in [1.807, 2.05) is 13.8 Å². The van der Waals surface area contributed by atoms with Crippen molar-refractivity contribution in [3.8, 4) is 34.5 Å². The number of nitrogens with two attached hydrogens (primary N) is 2. The highest BCUT2D eigenvalue weighted by Crippen LogP contribution is 2.45. The Morgan fingerprint density at radius 3 is 1.63 bits per heavy atom. The largest absolute Gasteiger partial charge is 0.495 e. The molecule has 1 aliphatic rings. The van der Waals surface area contributed by atoms with Crippen LogP contribution in [0, 0.1) is 13.8 Å². The molecule has 0 bridgehead atoms. The maximum Gasteiger partial charge on any atom is 0.329 e. The Bertz CT molecular complexity index is 3260. The highest BCUT2D eigenvalue weighted by Gasteiger charge is 2.57. The first-order chi connectivity index (χ1) is 32.5. The van der Waals surface area contributed by atoms with Gasteiger partial charge in [0.05, 0.1) is 62.4 Å². The first kappa shape index (κ1) is 45.9. The Labute approximate surface area is 385 Å². The lowest BCUT2D eigenvalue weighted by Gasteiger charge is -2.28. The van der Waals surface area contributed by atoms with Gasteiger partial charge in [-0.25, -0.2) is 19.9 Å². The molecule has 22 heteroatoms. The Kier molecular flexibility index (Phi) is 12.0. The molecule has 0 spiro atoms. The van der Waals surface area contributed by atoms with Gasteiger partial charge in [-0.1, -0.05) is 0 Å². The first-order valence-electron chi connectivity index (χ1n) is 22.1. The molecule has 2 amide bonds. The number of alkyl halides is 4. The number of methoxy groups -OCH3 is 1. The van der Waals surface area contributed by atoms with Crippen LogP contribution in [-0.2, 0) is 30.9 Å². The molecule has 6 aromatic heterocycles. The van der Waals surface area contributed by atoms with E-state index in [4.69, 9.17) is 30.7 Å². The van der Waals surface area contributed by atoms with Crippen molar-refractivity contribution >= 4 is 55.7 Å². The summed E-state index contributed by atoms with van der Waals surface area (Å²) in [5.74, 6) is -11.3. The molecule has 7 heterocycles. The third kappa shape index (κ3) is 8.20. The fourth-order valence-corrected chi connectivity index (χ4v) is 8.89. The van der Waals surface area contributed by atoms with Gasteiger partial charge in [0.1, 0.15) is 34.2 Å². The van der Waals surface area contributed by atoms with Crippen LogP contribution in [0.3, 0.4) is 0 Å². The van der Waals surface area contributed by atoms with Gasteiger partial charge in [0.2, 0.25) is 11.8 Å². The summed E-state index contributed by atoms with van der Waals surface area (Å²) < 4.78 is 91.6. The highest BCUT2D eigenvalue weighted by atomic mass is 19.3. The smallest absolute Gasteiger partial charge is 0.329 e. The van der Waals surface area contributed by atoms with Crippen molar-refractivity contribution in [2.75, 3.05) is 46.6 Å². The number of aromatic nitrogens is 10. The molecule has 0 atom stereocenters. The molecule has 68 heavy (non-hydrogen) atoms. The summed E-state index contributed by atoms with van der Waals surface area (Å²) in [5.41, 5.74) is 13.3. The molecule has 1 saturated heterocycles. The van der Waals surface area contributed by atoms with Gasteiger partial charge in [-0.2, -0.15) is 27.8 Å². The topological polar surface area (TPSA) is 214 Å². The lowest BCUT2D eigenvalue weighted by molar-refractivity contribution is -0.220. The van der Waals surface area contributed by atoms with Crippen molar-refractivity contribution in [3.05, 3.63) is 71.3 Å². The molecular weight excluding hydrogens is 891 g/mol. The van der Waals surface area contributed by atoms with E-state index in [1.165, 1.54) is 43.8 Å². The number of rotatable bonds is 17. The number of carbonyl (C=O) groups excluding carboxylic acids is 2. The van der Waals surface area contributed by atoms with Gasteiger partial charge in [-0.15, -0.1) is 0 Å². The van der Waals surface area contributed by atoms with Crippen LogP contribution < -0.4 is 20.9 Å². The molecule has 9 rings (SSSR count). The third-order valence-corrected chi connectivity index (χ3v) is 12.2. The molecule has 4 N–H and O–H groups in total.